The molecular formula is C15H12BrF2NO. The number of aryl methyl sites for hydroxylation is 1. The van der Waals surface area contributed by atoms with Crippen molar-refractivity contribution in [3.05, 3.63) is 63.4 Å². The van der Waals surface area contributed by atoms with Gasteiger partial charge in [0.1, 0.15) is 0 Å². The summed E-state index contributed by atoms with van der Waals surface area (Å²) in [6.45, 7) is 2.01. The summed E-state index contributed by atoms with van der Waals surface area (Å²) in [5.74, 6) is -2.35. The number of aromatic nitrogens is 1. The van der Waals surface area contributed by atoms with Crippen LogP contribution in [0.1, 0.15) is 28.5 Å². The average molecular weight is 340 g/mol. The fourth-order valence-electron chi connectivity index (χ4n) is 1.77. The predicted molar refractivity (Wildman–Crippen MR) is 75.7 cm³/mol. The van der Waals surface area contributed by atoms with Gasteiger partial charge in [-0.3, -0.25) is 9.78 Å². The molecule has 0 spiro atoms. The maximum atomic E-state index is 13.4. The van der Waals surface area contributed by atoms with Crippen molar-refractivity contribution < 1.29 is 13.6 Å². The second-order valence-corrected chi connectivity index (χ2v) is 5.13. The molecule has 5 heteroatoms. The van der Waals surface area contributed by atoms with Gasteiger partial charge in [-0.05, 0) is 46.1 Å². The maximum Gasteiger partial charge on any atom is 0.173 e. The van der Waals surface area contributed by atoms with Gasteiger partial charge in [-0.2, -0.15) is 0 Å². The van der Waals surface area contributed by atoms with Gasteiger partial charge in [0, 0.05) is 17.5 Å². The third-order valence-electron chi connectivity index (χ3n) is 2.97. The minimum absolute atomic E-state index is 0.0493. The largest absolute Gasteiger partial charge is 0.294 e. The molecule has 0 N–H and O–H groups in total. The number of carbonyl (C=O) groups excluding carboxylic acids is 1. The Balaban J connectivity index is 2.21. The molecule has 1 aromatic heterocycles. The van der Waals surface area contributed by atoms with E-state index >= 15 is 0 Å². The van der Waals surface area contributed by atoms with Gasteiger partial charge in [0.15, 0.2) is 17.4 Å². The van der Waals surface area contributed by atoms with E-state index in [-0.39, 0.29) is 22.2 Å². The van der Waals surface area contributed by atoms with E-state index in [0.29, 0.717) is 5.69 Å². The maximum absolute atomic E-state index is 13.4. The molecule has 0 radical (unpaired) electrons. The number of nitrogens with zero attached hydrogens (tertiary/aromatic N) is 1. The van der Waals surface area contributed by atoms with E-state index in [2.05, 4.69) is 20.9 Å². The normalized spacial score (nSPS) is 10.6. The highest BCUT2D eigenvalue weighted by Crippen LogP contribution is 2.24. The lowest BCUT2D eigenvalue weighted by Crippen LogP contribution is -2.07. The van der Waals surface area contributed by atoms with Crippen molar-refractivity contribution in [1.29, 1.82) is 0 Å². The molecule has 0 aliphatic heterocycles. The number of hydrogen-bond acceptors (Lipinski definition) is 2. The first kappa shape index (κ1) is 14.8. The molecule has 0 aliphatic rings. The van der Waals surface area contributed by atoms with Crippen LogP contribution in [0.3, 0.4) is 0 Å². The Morgan fingerprint density at radius 1 is 1.25 bits per heavy atom. The number of rotatable bonds is 4. The monoisotopic (exact) mass is 339 g/mol. The number of halogens is 3. The molecule has 2 rings (SSSR count). The number of ketones is 1. The molecule has 0 amide bonds. The zero-order valence-corrected chi connectivity index (χ0v) is 12.4. The van der Waals surface area contributed by atoms with E-state index in [4.69, 9.17) is 0 Å². The first-order valence-electron chi connectivity index (χ1n) is 6.13. The molecule has 0 fully saturated rings. The Bertz CT molecular complexity index is 641. The van der Waals surface area contributed by atoms with E-state index in [0.717, 1.165) is 18.1 Å². The first-order valence-corrected chi connectivity index (χ1v) is 6.92. The van der Waals surface area contributed by atoms with Crippen molar-refractivity contribution in [3.63, 3.8) is 0 Å². The highest BCUT2D eigenvalue weighted by atomic mass is 79.9. The standard InChI is InChI=1S/C15H12BrF2NO/c1-2-9-3-4-10(19-8-9)7-13(20)11-5-6-12(17)15(18)14(11)16/h3-6,8H,2,7H2,1H3. The molecule has 1 aromatic carbocycles. The van der Waals surface area contributed by atoms with Gasteiger partial charge in [0.25, 0.3) is 0 Å². The van der Waals surface area contributed by atoms with Crippen LogP contribution in [0.4, 0.5) is 8.78 Å². The third-order valence-corrected chi connectivity index (χ3v) is 3.75. The van der Waals surface area contributed by atoms with Crippen molar-refractivity contribution in [2.75, 3.05) is 0 Å². The fraction of sp³-hybridized carbons (Fsp3) is 0.200. The van der Waals surface area contributed by atoms with Gasteiger partial charge in [-0.15, -0.1) is 0 Å². The van der Waals surface area contributed by atoms with Crippen molar-refractivity contribution >= 4 is 21.7 Å². The Kier molecular flexibility index (Phi) is 4.60. The molecule has 104 valence electrons. The number of pyridine rings is 1. The first-order chi connectivity index (χ1) is 9.52. The van der Waals surface area contributed by atoms with Crippen LogP contribution in [0.25, 0.3) is 0 Å². The van der Waals surface area contributed by atoms with Gasteiger partial charge in [0.05, 0.1) is 10.9 Å². The van der Waals surface area contributed by atoms with Crippen LogP contribution < -0.4 is 0 Å². The summed E-state index contributed by atoms with van der Waals surface area (Å²) in [5, 5.41) is 0. The topological polar surface area (TPSA) is 30.0 Å². The fourth-order valence-corrected chi connectivity index (χ4v) is 2.31. The van der Waals surface area contributed by atoms with E-state index in [1.807, 2.05) is 13.0 Å². The van der Waals surface area contributed by atoms with E-state index < -0.39 is 11.6 Å². The zero-order chi connectivity index (χ0) is 14.7. The summed E-state index contributed by atoms with van der Waals surface area (Å²) in [7, 11) is 0. The summed E-state index contributed by atoms with van der Waals surface area (Å²) >= 11 is 2.91. The smallest absolute Gasteiger partial charge is 0.173 e. The van der Waals surface area contributed by atoms with E-state index in [9.17, 15) is 13.6 Å². The van der Waals surface area contributed by atoms with Crippen LogP contribution in [-0.4, -0.2) is 10.8 Å². The van der Waals surface area contributed by atoms with Gasteiger partial charge in [-0.1, -0.05) is 13.0 Å². The van der Waals surface area contributed by atoms with Crippen molar-refractivity contribution in [3.8, 4) is 0 Å². The number of hydrogen-bond donors (Lipinski definition) is 0. The van der Waals surface area contributed by atoms with E-state index in [1.54, 1.807) is 12.3 Å². The van der Waals surface area contributed by atoms with Crippen molar-refractivity contribution in [2.45, 2.75) is 19.8 Å². The van der Waals surface area contributed by atoms with Crippen LogP contribution in [-0.2, 0) is 12.8 Å². The second-order valence-electron chi connectivity index (χ2n) is 4.33. The number of Topliss-reactive ketones (excluding diaryl/α,β-unsaturated/α-hetero) is 1. The van der Waals surface area contributed by atoms with Gasteiger partial charge in [0.2, 0.25) is 0 Å². The number of carbonyl (C=O) groups is 1. The Morgan fingerprint density at radius 3 is 2.60 bits per heavy atom. The summed E-state index contributed by atoms with van der Waals surface area (Å²) < 4.78 is 26.3. The summed E-state index contributed by atoms with van der Waals surface area (Å²) in [5.41, 5.74) is 1.80. The molecule has 20 heavy (non-hydrogen) atoms. The Hall–Kier alpha value is -1.62. The molecule has 0 saturated heterocycles. The second kappa shape index (κ2) is 6.22. The molecule has 1 heterocycles. The SMILES string of the molecule is CCc1ccc(CC(=O)c2ccc(F)c(F)c2Br)nc1. The molecule has 2 nitrogen and oxygen atoms in total. The molecular weight excluding hydrogens is 328 g/mol. The lowest BCUT2D eigenvalue weighted by molar-refractivity contribution is 0.0990. The molecule has 0 aliphatic carbocycles. The van der Waals surface area contributed by atoms with Crippen molar-refractivity contribution in [2.24, 2.45) is 0 Å². The van der Waals surface area contributed by atoms with Crippen LogP contribution in [0.15, 0.2) is 34.9 Å². The Morgan fingerprint density at radius 2 is 2.00 bits per heavy atom. The predicted octanol–water partition coefficient (Wildman–Crippen LogP) is 4.11. The summed E-state index contributed by atoms with van der Waals surface area (Å²) in [6.07, 6.45) is 2.63. The van der Waals surface area contributed by atoms with Crippen LogP contribution in [0, 0.1) is 11.6 Å². The molecule has 2 aromatic rings. The molecule has 0 saturated carbocycles. The van der Waals surface area contributed by atoms with Gasteiger partial charge < -0.3 is 0 Å². The van der Waals surface area contributed by atoms with E-state index in [1.165, 1.54) is 6.07 Å². The average Bonchev–Trinajstić information content (AvgIpc) is 2.45. The lowest BCUT2D eigenvalue weighted by Gasteiger charge is -2.05. The molecule has 0 atom stereocenters. The minimum Gasteiger partial charge on any atom is -0.294 e. The van der Waals surface area contributed by atoms with Crippen LogP contribution >= 0.6 is 15.9 Å². The lowest BCUT2D eigenvalue weighted by atomic mass is 10.1. The van der Waals surface area contributed by atoms with Gasteiger partial charge in [-0.25, -0.2) is 8.78 Å². The zero-order valence-electron chi connectivity index (χ0n) is 10.8. The van der Waals surface area contributed by atoms with Crippen molar-refractivity contribution in [1.82, 2.24) is 4.98 Å². The number of benzene rings is 1. The minimum atomic E-state index is -1.05. The molecule has 0 unspecified atom stereocenters. The van der Waals surface area contributed by atoms with Crippen LogP contribution in [0.2, 0.25) is 0 Å². The quantitative estimate of drug-likeness (QED) is 0.619. The van der Waals surface area contributed by atoms with Crippen LogP contribution in [0.5, 0.6) is 0 Å². The summed E-state index contributed by atoms with van der Waals surface area (Å²) in [6, 6.07) is 5.88. The highest BCUT2D eigenvalue weighted by molar-refractivity contribution is 9.10. The highest BCUT2D eigenvalue weighted by Gasteiger charge is 2.17. The Labute approximate surface area is 124 Å². The van der Waals surface area contributed by atoms with Gasteiger partial charge >= 0.3 is 0 Å². The molecule has 0 bridgehead atoms. The summed E-state index contributed by atoms with van der Waals surface area (Å²) in [4.78, 5) is 16.3. The third kappa shape index (κ3) is 3.10.